The van der Waals surface area contributed by atoms with E-state index in [2.05, 4.69) is 20.4 Å². The maximum Gasteiger partial charge on any atom is 0.361 e. The van der Waals surface area contributed by atoms with E-state index in [0.717, 1.165) is 38.5 Å². The molecule has 5 rings (SSSR count). The van der Waals surface area contributed by atoms with Gasteiger partial charge >= 0.3 is 7.60 Å². The molecule has 0 spiro atoms. The number of halogens is 1. The van der Waals surface area contributed by atoms with Crippen LogP contribution in [0.5, 0.6) is 0 Å². The molecule has 0 radical (unpaired) electrons. The van der Waals surface area contributed by atoms with Crippen LogP contribution in [0.1, 0.15) is 44.8 Å². The molecule has 3 heterocycles. The summed E-state index contributed by atoms with van der Waals surface area (Å²) in [5.41, 5.74) is 0.275. The van der Waals surface area contributed by atoms with Gasteiger partial charge in [-0.3, -0.25) is 4.57 Å². The van der Waals surface area contributed by atoms with Crippen LogP contribution in [0.3, 0.4) is 0 Å². The quantitative estimate of drug-likeness (QED) is 0.153. The van der Waals surface area contributed by atoms with Crippen LogP contribution < -0.4 is 5.32 Å². The van der Waals surface area contributed by atoms with Crippen molar-refractivity contribution in [3.05, 3.63) is 11.5 Å². The fourth-order valence-electron chi connectivity index (χ4n) is 4.83. The van der Waals surface area contributed by atoms with E-state index in [0.29, 0.717) is 23.7 Å². The molecule has 16 heteroatoms. The summed E-state index contributed by atoms with van der Waals surface area (Å²) in [5.74, 6) is 0.834. The highest BCUT2D eigenvalue weighted by Crippen LogP contribution is 2.52. The van der Waals surface area contributed by atoms with Gasteiger partial charge in [0.1, 0.15) is 24.1 Å². The van der Waals surface area contributed by atoms with Crippen molar-refractivity contribution in [1.82, 2.24) is 19.7 Å². The smallest absolute Gasteiger partial charge is 0.361 e. The zero-order valence-electron chi connectivity index (χ0n) is 20.6. The number of hydrogen-bond donors (Lipinski definition) is 6. The largest absolute Gasteiger partial charge is 0.393 e. The molecule has 38 heavy (non-hydrogen) atoms. The number of hydrogen-bond acceptors (Lipinski definition) is 11. The average Bonchev–Trinajstić information content (AvgIpc) is 3.24. The lowest BCUT2D eigenvalue weighted by molar-refractivity contribution is -0.130. The third-order valence-corrected chi connectivity index (χ3v) is 9.00. The van der Waals surface area contributed by atoms with Gasteiger partial charge in [0.25, 0.3) is 0 Å². The van der Waals surface area contributed by atoms with Crippen molar-refractivity contribution in [3.63, 3.8) is 0 Å². The molecule has 0 bridgehead atoms. The van der Waals surface area contributed by atoms with Crippen molar-refractivity contribution in [2.24, 2.45) is 5.92 Å². The minimum absolute atomic E-state index is 0.0340. The zero-order valence-corrected chi connectivity index (χ0v) is 22.2. The Morgan fingerprint density at radius 2 is 1.89 bits per heavy atom. The number of aliphatic hydroxyl groups excluding tert-OH is 3. The fraction of sp³-hybridized carbons (Fsp3) is 0.773. The summed E-state index contributed by atoms with van der Waals surface area (Å²) in [5, 5.41) is 37.2. The lowest BCUT2D eigenvalue weighted by Crippen LogP contribution is -2.45. The first-order valence-corrected chi connectivity index (χ1v) is 14.7. The SMILES string of the molecule is O=P(O)(O)[C@](CO)(COCC1CC1)OC[C@H]1O[C@@H](n2ncc3c(NC4CCCC4)nc(Cl)nc32)[C@H](O)[C@@H]1O. The Kier molecular flexibility index (Phi) is 8.28. The van der Waals surface area contributed by atoms with Gasteiger partial charge in [-0.05, 0) is 43.2 Å². The van der Waals surface area contributed by atoms with Crippen molar-refractivity contribution in [2.75, 3.05) is 31.7 Å². The van der Waals surface area contributed by atoms with Crippen molar-refractivity contribution < 1.29 is 43.9 Å². The normalized spacial score (nSPS) is 28.3. The van der Waals surface area contributed by atoms with E-state index in [9.17, 15) is 29.7 Å². The van der Waals surface area contributed by atoms with Crippen LogP contribution in [0, 0.1) is 5.92 Å². The third-order valence-electron chi connectivity index (χ3n) is 7.37. The number of aromatic nitrogens is 4. The Balaban J connectivity index is 1.32. The standard InChI is InChI=1S/C22H33ClN5O9P/c23-21-26-18(25-13-3-1-2-4-13)14-7-24-28(19(14)27-21)20-17(31)16(30)15(37-20)9-36-22(10-29,38(32,33)34)11-35-8-12-5-6-12/h7,12-13,15-17,20,29-31H,1-6,8-11H2,(H,25,26,27)(H2,32,33,34)/t15-,16-,17-,20-,22-/m1/s1. The average molecular weight is 578 g/mol. The molecule has 212 valence electrons. The molecule has 1 aliphatic heterocycles. The molecule has 14 nitrogen and oxygen atoms in total. The number of ether oxygens (including phenoxy) is 3. The van der Waals surface area contributed by atoms with Gasteiger partial charge in [0.2, 0.25) is 10.6 Å². The summed E-state index contributed by atoms with van der Waals surface area (Å²) in [6.07, 6.45) is 2.33. The molecule has 0 unspecified atom stereocenters. The van der Waals surface area contributed by atoms with Crippen LogP contribution in [0.4, 0.5) is 5.82 Å². The first kappa shape index (κ1) is 28.1. The molecule has 6 N–H and O–H groups in total. The monoisotopic (exact) mass is 577 g/mol. The highest BCUT2D eigenvalue weighted by molar-refractivity contribution is 7.53. The molecule has 1 saturated heterocycles. The van der Waals surface area contributed by atoms with Gasteiger partial charge < -0.3 is 44.6 Å². The van der Waals surface area contributed by atoms with Gasteiger partial charge in [-0.25, -0.2) is 4.68 Å². The van der Waals surface area contributed by atoms with Gasteiger partial charge in [-0.1, -0.05) is 12.8 Å². The molecular formula is C22H33ClN5O9P. The van der Waals surface area contributed by atoms with Crippen LogP contribution in [-0.2, 0) is 18.8 Å². The molecule has 0 aromatic carbocycles. The first-order valence-electron chi connectivity index (χ1n) is 12.7. The molecule has 3 fully saturated rings. The number of aliphatic hydroxyl groups is 3. The topological polar surface area (TPSA) is 202 Å². The third kappa shape index (κ3) is 5.71. The summed E-state index contributed by atoms with van der Waals surface area (Å²) in [6.45, 7) is -1.82. The second-order valence-corrected chi connectivity index (χ2v) is 12.5. The van der Waals surface area contributed by atoms with Crippen LogP contribution in [0.25, 0.3) is 11.0 Å². The highest BCUT2D eigenvalue weighted by Gasteiger charge is 2.51. The van der Waals surface area contributed by atoms with Gasteiger partial charge in [-0.2, -0.15) is 15.1 Å². The summed E-state index contributed by atoms with van der Waals surface area (Å²) >= 11 is 6.18. The second kappa shape index (κ2) is 11.2. The van der Waals surface area contributed by atoms with Crippen molar-refractivity contribution in [3.8, 4) is 0 Å². The number of fused-ring (bicyclic) bond motifs is 1. The van der Waals surface area contributed by atoms with Gasteiger partial charge in [0.15, 0.2) is 11.9 Å². The van der Waals surface area contributed by atoms with Crippen LogP contribution in [0.2, 0.25) is 5.28 Å². The van der Waals surface area contributed by atoms with E-state index in [1.165, 1.54) is 10.9 Å². The number of nitrogens with one attached hydrogen (secondary N) is 1. The van der Waals surface area contributed by atoms with Crippen molar-refractivity contribution in [2.45, 2.75) is 74.4 Å². The summed E-state index contributed by atoms with van der Waals surface area (Å²) in [4.78, 5) is 28.4. The molecule has 2 aromatic rings. The summed E-state index contributed by atoms with van der Waals surface area (Å²) < 4.78 is 30.3. The maximum atomic E-state index is 12.2. The van der Waals surface area contributed by atoms with E-state index in [1.54, 1.807) is 0 Å². The molecule has 2 aromatic heterocycles. The molecular weight excluding hydrogens is 545 g/mol. The number of anilines is 1. The maximum absolute atomic E-state index is 12.2. The molecule has 2 aliphatic carbocycles. The molecule has 5 atom stereocenters. The summed E-state index contributed by atoms with van der Waals surface area (Å²) in [6, 6.07) is 0.248. The minimum Gasteiger partial charge on any atom is -0.393 e. The van der Waals surface area contributed by atoms with Crippen LogP contribution in [0.15, 0.2) is 6.20 Å². The lowest BCUT2D eigenvalue weighted by atomic mass is 10.1. The van der Waals surface area contributed by atoms with Crippen LogP contribution in [-0.4, -0.2) is 101 Å². The second-order valence-electron chi connectivity index (χ2n) is 10.3. The number of rotatable bonds is 12. The Hall–Kier alpha value is -1.45. The Morgan fingerprint density at radius 1 is 1.16 bits per heavy atom. The predicted molar refractivity (Wildman–Crippen MR) is 133 cm³/mol. The van der Waals surface area contributed by atoms with E-state index in [4.69, 9.17) is 25.8 Å². The Labute approximate surface area is 223 Å². The number of nitrogens with zero attached hydrogens (tertiary/aromatic N) is 4. The van der Waals surface area contributed by atoms with Gasteiger partial charge in [-0.15, -0.1) is 0 Å². The molecule has 0 amide bonds. The predicted octanol–water partition coefficient (Wildman–Crippen LogP) is 0.763. The Morgan fingerprint density at radius 3 is 2.55 bits per heavy atom. The highest BCUT2D eigenvalue weighted by atomic mass is 35.5. The molecule has 3 aliphatic rings. The van der Waals surface area contributed by atoms with E-state index in [-0.39, 0.29) is 17.0 Å². The van der Waals surface area contributed by atoms with Gasteiger partial charge in [0.05, 0.1) is 31.4 Å². The van der Waals surface area contributed by atoms with Crippen LogP contribution >= 0.6 is 19.2 Å². The first-order chi connectivity index (χ1) is 18.1. The van der Waals surface area contributed by atoms with E-state index >= 15 is 0 Å². The van der Waals surface area contributed by atoms with Crippen molar-refractivity contribution in [1.29, 1.82) is 0 Å². The molecule has 2 saturated carbocycles. The Bertz CT molecular complexity index is 1170. The summed E-state index contributed by atoms with van der Waals surface area (Å²) in [7, 11) is -5.01. The minimum atomic E-state index is -5.01. The van der Waals surface area contributed by atoms with E-state index < -0.39 is 57.3 Å². The fourth-order valence-corrected chi connectivity index (χ4v) is 5.68. The lowest BCUT2D eigenvalue weighted by Gasteiger charge is -2.33. The van der Waals surface area contributed by atoms with Gasteiger partial charge in [0, 0.05) is 12.6 Å². The van der Waals surface area contributed by atoms with Crippen molar-refractivity contribution >= 4 is 36.0 Å². The van der Waals surface area contributed by atoms with E-state index in [1.807, 2.05) is 0 Å². The zero-order chi connectivity index (χ0) is 27.1.